The fraction of sp³-hybridized carbons (Fsp3) is 0.300. The molecule has 0 aromatic heterocycles. The minimum absolute atomic E-state index is 0.000419. The van der Waals surface area contributed by atoms with Crippen LogP contribution in [0.5, 0.6) is 0 Å². The van der Waals surface area contributed by atoms with Gasteiger partial charge in [-0.2, -0.15) is 13.2 Å². The molecule has 32 heavy (non-hydrogen) atoms. The molecule has 0 saturated carbocycles. The van der Waals surface area contributed by atoms with Gasteiger partial charge < -0.3 is 15.7 Å². The Kier molecular flexibility index (Phi) is 6.46. The second-order valence-electron chi connectivity index (χ2n) is 7.28. The van der Waals surface area contributed by atoms with Crippen LogP contribution < -0.4 is 10.5 Å². The summed E-state index contributed by atoms with van der Waals surface area (Å²) in [7, 11) is -4.56. The number of nitrogens with two attached hydrogens (primary N) is 1. The van der Waals surface area contributed by atoms with E-state index in [9.17, 15) is 31.2 Å². The zero-order valence-corrected chi connectivity index (χ0v) is 17.4. The SMILES string of the molecule is NC(=O)c1ccccc1-c1ccc(S(=O)(=O)NC2CCN(C(=O)O)CC2)c(C(F)(F)F)c1. The third-order valence-corrected chi connectivity index (χ3v) is 6.74. The Balaban J connectivity index is 1.97. The van der Waals surface area contributed by atoms with Crippen molar-refractivity contribution in [3.05, 3.63) is 53.6 Å². The molecule has 2 aromatic carbocycles. The molecule has 2 aromatic rings. The van der Waals surface area contributed by atoms with E-state index in [-0.39, 0.29) is 42.6 Å². The topological polar surface area (TPSA) is 130 Å². The summed E-state index contributed by atoms with van der Waals surface area (Å²) in [5.41, 5.74) is 4.04. The van der Waals surface area contributed by atoms with Crippen molar-refractivity contribution in [2.24, 2.45) is 5.73 Å². The second kappa shape index (κ2) is 8.79. The van der Waals surface area contributed by atoms with Crippen molar-refractivity contribution in [2.75, 3.05) is 13.1 Å². The molecule has 12 heteroatoms. The predicted octanol–water partition coefficient (Wildman–Crippen LogP) is 2.89. The van der Waals surface area contributed by atoms with Gasteiger partial charge in [0.25, 0.3) is 0 Å². The highest BCUT2D eigenvalue weighted by atomic mass is 32.2. The van der Waals surface area contributed by atoms with Crippen molar-refractivity contribution in [3.63, 3.8) is 0 Å². The quantitative estimate of drug-likeness (QED) is 0.618. The lowest BCUT2D eigenvalue weighted by Crippen LogP contribution is -2.46. The second-order valence-corrected chi connectivity index (χ2v) is 8.97. The first-order chi connectivity index (χ1) is 14.9. The lowest BCUT2D eigenvalue weighted by Gasteiger charge is -2.30. The van der Waals surface area contributed by atoms with Crippen LogP contribution in [0.1, 0.15) is 28.8 Å². The predicted molar refractivity (Wildman–Crippen MR) is 108 cm³/mol. The number of benzene rings is 2. The van der Waals surface area contributed by atoms with Crippen molar-refractivity contribution >= 4 is 22.0 Å². The van der Waals surface area contributed by atoms with Crippen LogP contribution in [-0.4, -0.2) is 49.6 Å². The Morgan fingerprint density at radius 3 is 2.28 bits per heavy atom. The van der Waals surface area contributed by atoms with Gasteiger partial charge in [-0.3, -0.25) is 4.79 Å². The number of sulfonamides is 1. The summed E-state index contributed by atoms with van der Waals surface area (Å²) in [6, 6.07) is 7.79. The largest absolute Gasteiger partial charge is 0.465 e. The molecule has 0 bridgehead atoms. The highest BCUT2D eigenvalue weighted by Crippen LogP contribution is 2.37. The van der Waals surface area contributed by atoms with Crippen molar-refractivity contribution in [3.8, 4) is 11.1 Å². The number of rotatable bonds is 5. The molecule has 0 aliphatic carbocycles. The van der Waals surface area contributed by atoms with E-state index in [1.165, 1.54) is 30.3 Å². The van der Waals surface area contributed by atoms with E-state index >= 15 is 0 Å². The summed E-state index contributed by atoms with van der Waals surface area (Å²) >= 11 is 0. The minimum Gasteiger partial charge on any atom is -0.465 e. The number of hydrogen-bond donors (Lipinski definition) is 3. The number of primary amides is 1. The summed E-state index contributed by atoms with van der Waals surface area (Å²) < 4.78 is 69.2. The molecule has 1 heterocycles. The molecular formula is C20H20F3N3O5S. The van der Waals surface area contributed by atoms with Crippen LogP contribution in [0.4, 0.5) is 18.0 Å². The Bertz CT molecular complexity index is 1140. The molecule has 2 amide bonds. The average molecular weight is 471 g/mol. The number of carbonyl (C=O) groups excluding carboxylic acids is 1. The maximum absolute atomic E-state index is 13.8. The molecule has 1 aliphatic heterocycles. The Labute approximate surface area is 181 Å². The molecule has 4 N–H and O–H groups in total. The standard InChI is InChI=1S/C20H20F3N3O5S/c21-20(22,23)16-11-12(14-3-1-2-4-15(14)18(24)27)5-6-17(16)32(30,31)25-13-7-9-26(10-8-13)19(28)29/h1-6,11,13,25H,7-10H2,(H2,24,27)(H,28,29). The van der Waals surface area contributed by atoms with Gasteiger partial charge >= 0.3 is 12.3 Å². The number of likely N-dealkylation sites (tertiary alicyclic amines) is 1. The van der Waals surface area contributed by atoms with Crippen LogP contribution in [0.3, 0.4) is 0 Å². The zero-order chi connectivity index (χ0) is 23.7. The van der Waals surface area contributed by atoms with Gasteiger partial charge in [-0.15, -0.1) is 0 Å². The van der Waals surface area contributed by atoms with E-state index in [1.807, 2.05) is 0 Å². The Hall–Kier alpha value is -3.12. The molecule has 1 fully saturated rings. The molecule has 8 nitrogen and oxygen atoms in total. The van der Waals surface area contributed by atoms with Crippen LogP contribution in [0, 0.1) is 0 Å². The van der Waals surface area contributed by atoms with Crippen molar-refractivity contribution in [1.82, 2.24) is 9.62 Å². The first-order valence-corrected chi connectivity index (χ1v) is 11.0. The van der Waals surface area contributed by atoms with Crippen LogP contribution in [0.15, 0.2) is 47.4 Å². The zero-order valence-electron chi connectivity index (χ0n) is 16.6. The summed E-state index contributed by atoms with van der Waals surface area (Å²) in [5, 5.41) is 8.97. The number of nitrogens with zero attached hydrogens (tertiary/aromatic N) is 1. The number of halogens is 3. The van der Waals surface area contributed by atoms with Crippen LogP contribution in [0.25, 0.3) is 11.1 Å². The Morgan fingerprint density at radius 1 is 1.09 bits per heavy atom. The molecule has 172 valence electrons. The molecule has 1 saturated heterocycles. The monoisotopic (exact) mass is 471 g/mol. The van der Waals surface area contributed by atoms with Gasteiger partial charge in [0.2, 0.25) is 15.9 Å². The van der Waals surface area contributed by atoms with Crippen LogP contribution in [-0.2, 0) is 16.2 Å². The van der Waals surface area contributed by atoms with E-state index in [0.29, 0.717) is 6.07 Å². The first kappa shape index (κ1) is 23.5. The maximum Gasteiger partial charge on any atom is 0.417 e. The van der Waals surface area contributed by atoms with Gasteiger partial charge in [-0.25, -0.2) is 17.9 Å². The molecule has 0 spiro atoms. The van der Waals surface area contributed by atoms with Crippen molar-refractivity contribution in [2.45, 2.75) is 30.0 Å². The fourth-order valence-corrected chi connectivity index (χ4v) is 5.09. The van der Waals surface area contributed by atoms with Gasteiger partial charge in [0, 0.05) is 24.7 Å². The lowest BCUT2D eigenvalue weighted by atomic mass is 9.97. The molecule has 0 atom stereocenters. The molecule has 0 unspecified atom stereocenters. The molecule has 1 aliphatic rings. The highest BCUT2D eigenvalue weighted by molar-refractivity contribution is 7.89. The number of hydrogen-bond acceptors (Lipinski definition) is 4. The molecule has 0 radical (unpaired) electrons. The highest BCUT2D eigenvalue weighted by Gasteiger charge is 2.38. The average Bonchev–Trinajstić information content (AvgIpc) is 2.72. The number of carbonyl (C=O) groups is 2. The van der Waals surface area contributed by atoms with E-state index in [0.717, 1.165) is 11.0 Å². The summed E-state index contributed by atoms with van der Waals surface area (Å²) in [6.45, 7) is 0.134. The summed E-state index contributed by atoms with van der Waals surface area (Å²) in [6.07, 6.45) is -5.86. The summed E-state index contributed by atoms with van der Waals surface area (Å²) in [5.74, 6) is -0.833. The van der Waals surface area contributed by atoms with E-state index in [2.05, 4.69) is 4.72 Å². The van der Waals surface area contributed by atoms with Gasteiger partial charge in [-0.05, 0) is 42.2 Å². The molecular weight excluding hydrogens is 451 g/mol. The summed E-state index contributed by atoms with van der Waals surface area (Å²) in [4.78, 5) is 22.8. The first-order valence-electron chi connectivity index (χ1n) is 9.51. The number of nitrogens with one attached hydrogen (secondary N) is 1. The fourth-order valence-electron chi connectivity index (χ4n) is 3.57. The molecule has 3 rings (SSSR count). The Morgan fingerprint density at radius 2 is 1.72 bits per heavy atom. The van der Waals surface area contributed by atoms with Crippen LogP contribution >= 0.6 is 0 Å². The third-order valence-electron chi connectivity index (χ3n) is 5.17. The normalized spacial score (nSPS) is 15.5. The third kappa shape index (κ3) is 5.02. The maximum atomic E-state index is 13.8. The minimum atomic E-state index is -4.99. The smallest absolute Gasteiger partial charge is 0.417 e. The lowest BCUT2D eigenvalue weighted by molar-refractivity contribution is -0.139. The number of piperidine rings is 1. The van der Waals surface area contributed by atoms with E-state index < -0.39 is 44.7 Å². The number of carboxylic acid groups (broad SMARTS) is 1. The number of amides is 2. The number of alkyl halides is 3. The van der Waals surface area contributed by atoms with Gasteiger partial charge in [0.05, 0.1) is 10.5 Å². The van der Waals surface area contributed by atoms with Crippen molar-refractivity contribution in [1.29, 1.82) is 0 Å². The van der Waals surface area contributed by atoms with Crippen LogP contribution in [0.2, 0.25) is 0 Å². The van der Waals surface area contributed by atoms with E-state index in [1.54, 1.807) is 0 Å². The van der Waals surface area contributed by atoms with E-state index in [4.69, 9.17) is 10.8 Å². The van der Waals surface area contributed by atoms with Gasteiger partial charge in [-0.1, -0.05) is 24.3 Å². The van der Waals surface area contributed by atoms with Gasteiger partial charge in [0.1, 0.15) is 0 Å². The van der Waals surface area contributed by atoms with Gasteiger partial charge in [0.15, 0.2) is 0 Å². The van der Waals surface area contributed by atoms with Crippen molar-refractivity contribution < 1.29 is 36.3 Å².